The molecule has 5 heteroatoms. The minimum atomic E-state index is -0.228. The molecule has 2 aromatic rings. The maximum atomic E-state index is 13.2. The number of aromatic nitrogens is 1. The second-order valence-corrected chi connectivity index (χ2v) is 6.15. The summed E-state index contributed by atoms with van der Waals surface area (Å²) < 4.78 is 13.2. The third-order valence-electron chi connectivity index (χ3n) is 4.58. The van der Waals surface area contributed by atoms with Crippen molar-refractivity contribution in [2.24, 2.45) is 0 Å². The van der Waals surface area contributed by atoms with Gasteiger partial charge in [-0.1, -0.05) is 18.2 Å². The summed E-state index contributed by atoms with van der Waals surface area (Å²) in [4.78, 5) is 9.23. The lowest BCUT2D eigenvalue weighted by atomic mass is 10.1. The van der Waals surface area contributed by atoms with Crippen LogP contribution in [0, 0.1) is 11.2 Å². The monoisotopic (exact) mass is 338 g/mol. The average molecular weight is 338 g/mol. The van der Waals surface area contributed by atoms with Crippen molar-refractivity contribution >= 4 is 12.0 Å². The standard InChI is InChI=1S/C20H23FN4/c1-2-16(14-22)15-24-10-12-25(13-11-24)20-19(4-3-9-23-20)17-5-7-18(21)8-6-17/h2-9,14,22H,10-13,15H2,1H3/b16-2+,22-14?. The lowest BCUT2D eigenvalue weighted by Gasteiger charge is -2.36. The molecule has 0 saturated carbocycles. The van der Waals surface area contributed by atoms with Gasteiger partial charge in [-0.25, -0.2) is 9.37 Å². The normalized spacial score (nSPS) is 16.1. The van der Waals surface area contributed by atoms with Gasteiger partial charge in [0.05, 0.1) is 0 Å². The summed E-state index contributed by atoms with van der Waals surface area (Å²) in [5, 5.41) is 7.42. The highest BCUT2D eigenvalue weighted by atomic mass is 19.1. The molecule has 1 aromatic carbocycles. The van der Waals surface area contributed by atoms with Gasteiger partial charge in [-0.05, 0) is 42.3 Å². The first kappa shape index (κ1) is 17.3. The Kier molecular flexibility index (Phi) is 5.56. The summed E-state index contributed by atoms with van der Waals surface area (Å²) in [6.07, 6.45) is 5.23. The van der Waals surface area contributed by atoms with Crippen molar-refractivity contribution in [3.05, 3.63) is 60.1 Å². The molecule has 1 N–H and O–H groups in total. The fourth-order valence-electron chi connectivity index (χ4n) is 3.10. The summed E-state index contributed by atoms with van der Waals surface area (Å²) in [6.45, 7) is 6.44. The first-order valence-corrected chi connectivity index (χ1v) is 8.55. The van der Waals surface area contributed by atoms with Crippen molar-refractivity contribution in [1.29, 1.82) is 5.41 Å². The van der Waals surface area contributed by atoms with E-state index in [2.05, 4.69) is 14.8 Å². The molecule has 1 aliphatic heterocycles. The highest BCUT2D eigenvalue weighted by Gasteiger charge is 2.20. The number of rotatable bonds is 5. The molecule has 1 aliphatic rings. The van der Waals surface area contributed by atoms with Crippen molar-refractivity contribution in [3.63, 3.8) is 0 Å². The molecule has 130 valence electrons. The van der Waals surface area contributed by atoms with Crippen LogP contribution in [0.3, 0.4) is 0 Å². The van der Waals surface area contributed by atoms with Crippen LogP contribution in [0.4, 0.5) is 10.2 Å². The van der Waals surface area contributed by atoms with Crippen LogP contribution < -0.4 is 4.90 Å². The van der Waals surface area contributed by atoms with E-state index in [1.807, 2.05) is 31.3 Å². The number of piperazine rings is 1. The van der Waals surface area contributed by atoms with Crippen LogP contribution in [-0.4, -0.2) is 48.8 Å². The third-order valence-corrected chi connectivity index (χ3v) is 4.58. The molecule has 0 unspecified atom stereocenters. The van der Waals surface area contributed by atoms with Gasteiger partial charge >= 0.3 is 0 Å². The molecule has 2 heterocycles. The van der Waals surface area contributed by atoms with Gasteiger partial charge in [0.15, 0.2) is 0 Å². The molecule has 4 nitrogen and oxygen atoms in total. The van der Waals surface area contributed by atoms with Crippen LogP contribution >= 0.6 is 0 Å². The summed E-state index contributed by atoms with van der Waals surface area (Å²) in [7, 11) is 0. The topological polar surface area (TPSA) is 43.2 Å². The van der Waals surface area contributed by atoms with Gasteiger partial charge in [-0.3, -0.25) is 4.90 Å². The van der Waals surface area contributed by atoms with E-state index in [1.165, 1.54) is 18.3 Å². The summed E-state index contributed by atoms with van der Waals surface area (Å²) in [5.74, 6) is 0.723. The Hall–Kier alpha value is -2.53. The zero-order valence-electron chi connectivity index (χ0n) is 14.5. The zero-order valence-corrected chi connectivity index (χ0v) is 14.5. The number of allylic oxidation sites excluding steroid dienone is 1. The predicted molar refractivity (Wildman–Crippen MR) is 101 cm³/mol. The summed E-state index contributed by atoms with van der Waals surface area (Å²) >= 11 is 0. The molecule has 3 rings (SSSR count). The number of halogens is 1. The number of hydrogen-bond acceptors (Lipinski definition) is 4. The first-order valence-electron chi connectivity index (χ1n) is 8.55. The van der Waals surface area contributed by atoms with Crippen LogP contribution in [0.1, 0.15) is 6.92 Å². The van der Waals surface area contributed by atoms with Crippen molar-refractivity contribution in [2.45, 2.75) is 6.92 Å². The number of pyridine rings is 1. The summed E-state index contributed by atoms with van der Waals surface area (Å²) in [5.41, 5.74) is 3.05. The van der Waals surface area contributed by atoms with E-state index in [0.29, 0.717) is 0 Å². The molecular weight excluding hydrogens is 315 g/mol. The van der Waals surface area contributed by atoms with Gasteiger partial charge in [0, 0.05) is 50.7 Å². The van der Waals surface area contributed by atoms with Gasteiger partial charge in [-0.15, -0.1) is 0 Å². The maximum Gasteiger partial charge on any atom is 0.136 e. The smallest absolute Gasteiger partial charge is 0.136 e. The third kappa shape index (κ3) is 4.12. The highest BCUT2D eigenvalue weighted by molar-refractivity contribution is 5.76. The van der Waals surface area contributed by atoms with Gasteiger partial charge in [0.1, 0.15) is 11.6 Å². The summed E-state index contributed by atoms with van der Waals surface area (Å²) in [6, 6.07) is 10.5. The van der Waals surface area contributed by atoms with E-state index in [4.69, 9.17) is 5.41 Å². The number of benzene rings is 1. The van der Waals surface area contributed by atoms with E-state index >= 15 is 0 Å². The predicted octanol–water partition coefficient (Wildman–Crippen LogP) is 3.61. The largest absolute Gasteiger partial charge is 0.354 e. The van der Waals surface area contributed by atoms with E-state index in [1.54, 1.807) is 12.1 Å². The van der Waals surface area contributed by atoms with Crippen LogP contribution in [0.15, 0.2) is 54.2 Å². The van der Waals surface area contributed by atoms with Crippen LogP contribution in [0.25, 0.3) is 11.1 Å². The number of nitrogens with one attached hydrogen (secondary N) is 1. The van der Waals surface area contributed by atoms with Crippen molar-refractivity contribution in [3.8, 4) is 11.1 Å². The number of hydrogen-bond donors (Lipinski definition) is 1. The van der Waals surface area contributed by atoms with Crippen LogP contribution in [-0.2, 0) is 0 Å². The van der Waals surface area contributed by atoms with Crippen LogP contribution in [0.5, 0.6) is 0 Å². The molecule has 0 spiro atoms. The molecule has 1 aromatic heterocycles. The first-order chi connectivity index (χ1) is 12.2. The second-order valence-electron chi connectivity index (χ2n) is 6.15. The Bertz CT molecular complexity index is 747. The van der Waals surface area contributed by atoms with Gasteiger partial charge in [0.2, 0.25) is 0 Å². The van der Waals surface area contributed by atoms with Gasteiger partial charge in [0.25, 0.3) is 0 Å². The Morgan fingerprint density at radius 2 is 1.88 bits per heavy atom. The van der Waals surface area contributed by atoms with E-state index in [-0.39, 0.29) is 5.82 Å². The zero-order chi connectivity index (χ0) is 17.6. The van der Waals surface area contributed by atoms with Crippen LogP contribution in [0.2, 0.25) is 0 Å². The molecule has 25 heavy (non-hydrogen) atoms. The second kappa shape index (κ2) is 8.03. The van der Waals surface area contributed by atoms with E-state index < -0.39 is 0 Å². The Labute approximate surface area is 148 Å². The average Bonchev–Trinajstić information content (AvgIpc) is 2.67. The van der Waals surface area contributed by atoms with E-state index in [0.717, 1.165) is 55.2 Å². The molecular formula is C20H23FN4. The Morgan fingerprint density at radius 3 is 2.52 bits per heavy atom. The molecule has 1 saturated heterocycles. The fourth-order valence-corrected chi connectivity index (χ4v) is 3.10. The molecule has 0 aliphatic carbocycles. The number of nitrogens with zero attached hydrogens (tertiary/aromatic N) is 3. The fraction of sp³-hybridized carbons (Fsp3) is 0.300. The quantitative estimate of drug-likeness (QED) is 0.847. The maximum absolute atomic E-state index is 13.2. The lowest BCUT2D eigenvalue weighted by molar-refractivity contribution is 0.280. The van der Waals surface area contributed by atoms with Gasteiger partial charge in [-0.2, -0.15) is 0 Å². The number of anilines is 1. The lowest BCUT2D eigenvalue weighted by Crippen LogP contribution is -2.47. The van der Waals surface area contributed by atoms with Crippen molar-refractivity contribution in [2.75, 3.05) is 37.6 Å². The molecule has 0 atom stereocenters. The highest BCUT2D eigenvalue weighted by Crippen LogP contribution is 2.29. The minimum absolute atomic E-state index is 0.228. The molecule has 0 amide bonds. The SMILES string of the molecule is C/C=C(\C=N)CN1CCN(c2ncccc2-c2ccc(F)cc2)CC1. The molecule has 1 fully saturated rings. The van der Waals surface area contributed by atoms with Crippen molar-refractivity contribution < 1.29 is 4.39 Å². The Morgan fingerprint density at radius 1 is 1.16 bits per heavy atom. The van der Waals surface area contributed by atoms with E-state index in [9.17, 15) is 4.39 Å². The Balaban J connectivity index is 1.74. The molecule has 0 bridgehead atoms. The van der Waals surface area contributed by atoms with Gasteiger partial charge < -0.3 is 10.3 Å². The minimum Gasteiger partial charge on any atom is -0.354 e. The van der Waals surface area contributed by atoms with Crippen molar-refractivity contribution in [1.82, 2.24) is 9.88 Å². The molecule has 0 radical (unpaired) electrons.